The van der Waals surface area contributed by atoms with Crippen LogP contribution in [0, 0.1) is 0 Å². The highest BCUT2D eigenvalue weighted by Gasteiger charge is 2.15. The third-order valence-electron chi connectivity index (χ3n) is 2.95. The first-order valence-corrected chi connectivity index (χ1v) is 7.08. The van der Waals surface area contributed by atoms with E-state index < -0.39 is 0 Å². The number of ketones is 1. The van der Waals surface area contributed by atoms with Crippen LogP contribution >= 0.6 is 11.3 Å². The van der Waals surface area contributed by atoms with Crippen molar-refractivity contribution in [2.45, 2.75) is 26.2 Å². The Labute approximate surface area is 106 Å². The number of rotatable bonds is 5. The van der Waals surface area contributed by atoms with Crippen LogP contribution in [0.2, 0.25) is 0 Å². The van der Waals surface area contributed by atoms with Gasteiger partial charge in [0.25, 0.3) is 0 Å². The lowest BCUT2D eigenvalue weighted by molar-refractivity contribution is 0.0983. The number of carbonyl (C=O) groups is 1. The average Bonchev–Trinajstić information content (AvgIpc) is 2.86. The fraction of sp³-hybridized carbons (Fsp3) is 0.615. The highest BCUT2D eigenvalue weighted by atomic mass is 32.1. The third kappa shape index (κ3) is 3.30. The number of ether oxygens (including phenoxy) is 1. The van der Waals surface area contributed by atoms with Crippen molar-refractivity contribution in [1.82, 2.24) is 0 Å². The molecule has 0 radical (unpaired) electrons. The van der Waals surface area contributed by atoms with Gasteiger partial charge < -0.3 is 9.64 Å². The molecule has 1 aromatic rings. The summed E-state index contributed by atoms with van der Waals surface area (Å²) in [5.41, 5.74) is 0. The molecule has 0 saturated carbocycles. The van der Waals surface area contributed by atoms with Gasteiger partial charge in [0.05, 0.1) is 23.1 Å². The Kier molecular flexibility index (Phi) is 4.57. The fourth-order valence-corrected chi connectivity index (χ4v) is 2.92. The predicted octanol–water partition coefficient (Wildman–Crippen LogP) is 2.96. The van der Waals surface area contributed by atoms with Gasteiger partial charge >= 0.3 is 0 Å². The van der Waals surface area contributed by atoms with Crippen LogP contribution in [0.4, 0.5) is 5.00 Å². The number of hydrogen-bond acceptors (Lipinski definition) is 4. The summed E-state index contributed by atoms with van der Waals surface area (Å²) in [6.45, 7) is 5.56. The minimum absolute atomic E-state index is 0.288. The third-order valence-corrected chi connectivity index (χ3v) is 4.13. The molecule has 1 fully saturated rings. The van der Waals surface area contributed by atoms with Crippen molar-refractivity contribution in [1.29, 1.82) is 0 Å². The van der Waals surface area contributed by atoms with Crippen LogP contribution in [0.5, 0.6) is 0 Å². The molecule has 0 bridgehead atoms. The molecule has 0 N–H and O–H groups in total. The van der Waals surface area contributed by atoms with Crippen molar-refractivity contribution >= 4 is 22.1 Å². The van der Waals surface area contributed by atoms with E-state index >= 15 is 0 Å². The van der Waals surface area contributed by atoms with Crippen LogP contribution in [-0.2, 0) is 4.74 Å². The standard InChI is InChI=1S/C13H19NO2S/c1-2-3-4-11(15)12-5-6-13(17-12)14-7-9-16-10-8-14/h5-6H,2-4,7-10H2,1H3. The van der Waals surface area contributed by atoms with Gasteiger partial charge in [0, 0.05) is 19.5 Å². The number of hydrogen-bond donors (Lipinski definition) is 0. The van der Waals surface area contributed by atoms with Gasteiger partial charge in [-0.3, -0.25) is 4.79 Å². The smallest absolute Gasteiger partial charge is 0.172 e. The molecular weight excluding hydrogens is 234 g/mol. The number of carbonyl (C=O) groups excluding carboxylic acids is 1. The van der Waals surface area contributed by atoms with Crippen molar-refractivity contribution in [2.24, 2.45) is 0 Å². The summed E-state index contributed by atoms with van der Waals surface area (Å²) in [7, 11) is 0. The molecule has 0 atom stereocenters. The molecule has 0 amide bonds. The first-order chi connectivity index (χ1) is 8.31. The Bertz CT molecular complexity index is 369. The van der Waals surface area contributed by atoms with E-state index in [2.05, 4.69) is 17.9 Å². The molecule has 0 spiro atoms. The second kappa shape index (κ2) is 6.17. The molecule has 4 heteroatoms. The monoisotopic (exact) mass is 253 g/mol. The van der Waals surface area contributed by atoms with Crippen molar-refractivity contribution in [3.05, 3.63) is 17.0 Å². The zero-order chi connectivity index (χ0) is 12.1. The number of anilines is 1. The highest BCUT2D eigenvalue weighted by molar-refractivity contribution is 7.18. The highest BCUT2D eigenvalue weighted by Crippen LogP contribution is 2.27. The average molecular weight is 253 g/mol. The van der Waals surface area contributed by atoms with Crippen molar-refractivity contribution < 1.29 is 9.53 Å². The lowest BCUT2D eigenvalue weighted by Crippen LogP contribution is -2.35. The van der Waals surface area contributed by atoms with Crippen LogP contribution in [0.15, 0.2) is 12.1 Å². The molecule has 1 aliphatic rings. The van der Waals surface area contributed by atoms with E-state index in [0.717, 1.165) is 44.0 Å². The van der Waals surface area contributed by atoms with Gasteiger partial charge in [-0.15, -0.1) is 11.3 Å². The maximum absolute atomic E-state index is 11.9. The number of thiophene rings is 1. The maximum atomic E-state index is 11.9. The molecule has 17 heavy (non-hydrogen) atoms. The van der Waals surface area contributed by atoms with Crippen molar-refractivity contribution in [2.75, 3.05) is 31.2 Å². The van der Waals surface area contributed by atoms with E-state index in [0.29, 0.717) is 6.42 Å². The molecule has 0 aromatic carbocycles. The fourth-order valence-electron chi connectivity index (χ4n) is 1.89. The summed E-state index contributed by atoms with van der Waals surface area (Å²) in [4.78, 5) is 15.1. The molecule has 2 heterocycles. The summed E-state index contributed by atoms with van der Waals surface area (Å²) in [6.07, 6.45) is 2.75. The van der Waals surface area contributed by atoms with Crippen LogP contribution in [-0.4, -0.2) is 32.1 Å². The van der Waals surface area contributed by atoms with Gasteiger partial charge in [-0.1, -0.05) is 13.3 Å². The first-order valence-electron chi connectivity index (χ1n) is 6.27. The maximum Gasteiger partial charge on any atom is 0.172 e. The van der Waals surface area contributed by atoms with Gasteiger partial charge in [0.2, 0.25) is 0 Å². The van der Waals surface area contributed by atoms with E-state index in [4.69, 9.17) is 4.74 Å². The normalized spacial score (nSPS) is 16.2. The van der Waals surface area contributed by atoms with Gasteiger partial charge in [-0.25, -0.2) is 0 Å². The predicted molar refractivity (Wildman–Crippen MR) is 71.2 cm³/mol. The van der Waals surface area contributed by atoms with Crippen LogP contribution in [0.3, 0.4) is 0 Å². The Balaban J connectivity index is 1.97. The largest absolute Gasteiger partial charge is 0.378 e. The van der Waals surface area contributed by atoms with Gasteiger partial charge in [-0.2, -0.15) is 0 Å². The second-order valence-corrected chi connectivity index (χ2v) is 5.33. The molecule has 1 aromatic heterocycles. The van der Waals surface area contributed by atoms with Gasteiger partial charge in [0.1, 0.15) is 0 Å². The summed E-state index contributed by atoms with van der Waals surface area (Å²) in [5, 5.41) is 1.20. The Morgan fingerprint density at radius 2 is 2.18 bits per heavy atom. The first kappa shape index (κ1) is 12.6. The van der Waals surface area contributed by atoms with E-state index in [1.165, 1.54) is 5.00 Å². The molecule has 0 aliphatic carbocycles. The Hall–Kier alpha value is -0.870. The summed E-state index contributed by atoms with van der Waals surface area (Å²) >= 11 is 1.62. The van der Waals surface area contributed by atoms with Crippen molar-refractivity contribution in [3.63, 3.8) is 0 Å². The number of nitrogens with zero attached hydrogens (tertiary/aromatic N) is 1. The number of Topliss-reactive ketones (excluding diaryl/α,β-unsaturated/α-hetero) is 1. The van der Waals surface area contributed by atoms with Crippen LogP contribution in [0.25, 0.3) is 0 Å². The van der Waals surface area contributed by atoms with E-state index in [9.17, 15) is 4.79 Å². The minimum atomic E-state index is 0.288. The lowest BCUT2D eigenvalue weighted by Gasteiger charge is -2.27. The molecule has 2 rings (SSSR count). The van der Waals surface area contributed by atoms with Crippen LogP contribution < -0.4 is 4.90 Å². The van der Waals surface area contributed by atoms with E-state index in [1.54, 1.807) is 11.3 Å². The summed E-state index contributed by atoms with van der Waals surface area (Å²) < 4.78 is 5.32. The summed E-state index contributed by atoms with van der Waals surface area (Å²) in [6, 6.07) is 4.03. The molecule has 0 unspecified atom stereocenters. The van der Waals surface area contributed by atoms with E-state index in [-0.39, 0.29) is 5.78 Å². The van der Waals surface area contributed by atoms with Crippen molar-refractivity contribution in [3.8, 4) is 0 Å². The second-order valence-electron chi connectivity index (χ2n) is 4.26. The molecular formula is C13H19NO2S. The SMILES string of the molecule is CCCCC(=O)c1ccc(N2CCOCC2)s1. The van der Waals surface area contributed by atoms with Crippen LogP contribution in [0.1, 0.15) is 35.9 Å². The zero-order valence-corrected chi connectivity index (χ0v) is 11.1. The quantitative estimate of drug-likeness (QED) is 0.756. The zero-order valence-electron chi connectivity index (χ0n) is 10.3. The minimum Gasteiger partial charge on any atom is -0.378 e. The number of unbranched alkanes of at least 4 members (excludes halogenated alkanes) is 1. The lowest BCUT2D eigenvalue weighted by atomic mass is 10.1. The Morgan fingerprint density at radius 1 is 1.41 bits per heavy atom. The molecule has 3 nitrogen and oxygen atoms in total. The number of morpholine rings is 1. The molecule has 94 valence electrons. The Morgan fingerprint density at radius 3 is 2.88 bits per heavy atom. The van der Waals surface area contributed by atoms with Gasteiger partial charge in [0.15, 0.2) is 5.78 Å². The molecule has 1 aliphatic heterocycles. The van der Waals surface area contributed by atoms with Gasteiger partial charge in [-0.05, 0) is 18.6 Å². The summed E-state index contributed by atoms with van der Waals surface area (Å²) in [5.74, 6) is 0.288. The van der Waals surface area contributed by atoms with E-state index in [1.807, 2.05) is 6.07 Å². The molecule has 1 saturated heterocycles. The topological polar surface area (TPSA) is 29.5 Å².